The number of carbonyl (C=O) groups excluding carboxylic acids is 3. The van der Waals surface area contributed by atoms with E-state index in [1.165, 1.54) is 34.7 Å². The molecule has 3 aromatic rings. The molecule has 12 heteroatoms. The Morgan fingerprint density at radius 1 is 1.18 bits per heavy atom. The fraction of sp³-hybridized carbons (Fsp3) is 0.0909. The number of nitrogens with one attached hydrogen (secondary N) is 2. The standard InChI is InChI=1S/C22H17ClN4O4S3/c1-31-17-7-6-13(10-15(17)23)27-21(30)16(11-14-4-2-8-32-14)24-22(27)34-12-19(28)25-26-20(29)18-5-3-9-33-18/h2-11H,12H2,1H3,(H,25,28)(H,26,29)/b16-11+. The van der Waals surface area contributed by atoms with Crippen molar-refractivity contribution in [2.24, 2.45) is 4.99 Å². The minimum atomic E-state index is -0.451. The number of aliphatic imine (C=N–C) groups is 1. The number of halogens is 1. The summed E-state index contributed by atoms with van der Waals surface area (Å²) in [6.07, 6.45) is 1.69. The maximum absolute atomic E-state index is 13.2. The molecule has 2 aromatic heterocycles. The van der Waals surface area contributed by atoms with Gasteiger partial charge in [-0.15, -0.1) is 22.7 Å². The van der Waals surface area contributed by atoms with Crippen molar-refractivity contribution in [3.8, 4) is 5.75 Å². The Morgan fingerprint density at radius 3 is 2.65 bits per heavy atom. The predicted molar refractivity (Wildman–Crippen MR) is 138 cm³/mol. The number of anilines is 1. The van der Waals surface area contributed by atoms with Crippen molar-refractivity contribution < 1.29 is 19.1 Å². The Hall–Kier alpha value is -3.12. The van der Waals surface area contributed by atoms with Crippen molar-refractivity contribution in [1.82, 2.24) is 10.9 Å². The van der Waals surface area contributed by atoms with E-state index in [0.717, 1.165) is 16.6 Å². The molecule has 8 nitrogen and oxygen atoms in total. The number of ether oxygens (including phenoxy) is 1. The summed E-state index contributed by atoms with van der Waals surface area (Å²) < 4.78 is 5.19. The molecule has 1 aliphatic rings. The third-order valence-corrected chi connectivity index (χ3v) is 7.36. The molecule has 174 valence electrons. The lowest BCUT2D eigenvalue weighted by Crippen LogP contribution is -2.42. The second kappa shape index (κ2) is 10.9. The maximum atomic E-state index is 13.2. The van der Waals surface area contributed by atoms with Gasteiger partial charge in [-0.1, -0.05) is 35.5 Å². The van der Waals surface area contributed by atoms with E-state index in [-0.39, 0.29) is 17.4 Å². The number of nitrogens with zero attached hydrogens (tertiary/aromatic N) is 2. The zero-order valence-corrected chi connectivity index (χ0v) is 20.8. The van der Waals surface area contributed by atoms with Gasteiger partial charge in [0.05, 0.1) is 28.4 Å². The first-order chi connectivity index (χ1) is 16.5. The van der Waals surface area contributed by atoms with Gasteiger partial charge in [0.1, 0.15) is 11.4 Å². The van der Waals surface area contributed by atoms with E-state index in [9.17, 15) is 14.4 Å². The molecule has 2 N–H and O–H groups in total. The molecule has 0 unspecified atom stereocenters. The minimum Gasteiger partial charge on any atom is -0.495 e. The van der Waals surface area contributed by atoms with Crippen LogP contribution in [0.5, 0.6) is 5.75 Å². The summed E-state index contributed by atoms with van der Waals surface area (Å²) in [6.45, 7) is 0. The fourth-order valence-corrected chi connectivity index (χ4v) is 5.22. The Morgan fingerprint density at radius 2 is 1.97 bits per heavy atom. The number of hydrogen-bond acceptors (Lipinski definition) is 8. The van der Waals surface area contributed by atoms with Gasteiger partial charge in [0.25, 0.3) is 11.8 Å². The zero-order valence-electron chi connectivity index (χ0n) is 17.6. The van der Waals surface area contributed by atoms with Gasteiger partial charge in [0.2, 0.25) is 5.91 Å². The van der Waals surface area contributed by atoms with E-state index >= 15 is 0 Å². The Balaban J connectivity index is 1.50. The Bertz CT molecular complexity index is 1270. The third kappa shape index (κ3) is 5.50. The number of hydrazine groups is 1. The van der Waals surface area contributed by atoms with Crippen LogP contribution in [0.3, 0.4) is 0 Å². The minimum absolute atomic E-state index is 0.0799. The molecule has 0 bridgehead atoms. The van der Waals surface area contributed by atoms with Gasteiger partial charge in [-0.3, -0.25) is 30.1 Å². The molecular formula is C22H17ClN4O4S3. The van der Waals surface area contributed by atoms with Gasteiger partial charge >= 0.3 is 0 Å². The lowest BCUT2D eigenvalue weighted by atomic mass is 10.2. The molecule has 1 aliphatic heterocycles. The van der Waals surface area contributed by atoms with Gasteiger partial charge in [-0.05, 0) is 47.2 Å². The highest BCUT2D eigenvalue weighted by Gasteiger charge is 2.33. The summed E-state index contributed by atoms with van der Waals surface area (Å²) in [5.41, 5.74) is 5.47. The first kappa shape index (κ1) is 24.0. The van der Waals surface area contributed by atoms with Crippen molar-refractivity contribution in [1.29, 1.82) is 0 Å². The van der Waals surface area contributed by atoms with Crippen LogP contribution in [0.4, 0.5) is 5.69 Å². The lowest BCUT2D eigenvalue weighted by molar-refractivity contribution is -0.119. The highest BCUT2D eigenvalue weighted by molar-refractivity contribution is 8.14. The molecule has 3 heterocycles. The molecule has 3 amide bonds. The Kier molecular flexibility index (Phi) is 7.68. The van der Waals surface area contributed by atoms with Crippen LogP contribution in [0.1, 0.15) is 14.5 Å². The number of thiophene rings is 2. The van der Waals surface area contributed by atoms with Gasteiger partial charge < -0.3 is 4.74 Å². The molecule has 4 rings (SSSR count). The van der Waals surface area contributed by atoms with Gasteiger partial charge in [-0.25, -0.2) is 4.99 Å². The number of benzene rings is 1. The van der Waals surface area contributed by atoms with Gasteiger partial charge in [-0.2, -0.15) is 0 Å². The molecule has 0 atom stereocenters. The number of carbonyl (C=O) groups is 3. The topological polar surface area (TPSA) is 100 Å². The van der Waals surface area contributed by atoms with E-state index in [1.54, 1.807) is 41.8 Å². The van der Waals surface area contributed by atoms with Crippen molar-refractivity contribution in [2.45, 2.75) is 0 Å². The second-order valence-electron chi connectivity index (χ2n) is 6.67. The molecular weight excluding hydrogens is 516 g/mol. The average Bonchev–Trinajstić information content (AvgIpc) is 3.59. The van der Waals surface area contributed by atoms with E-state index in [0.29, 0.717) is 26.5 Å². The lowest BCUT2D eigenvalue weighted by Gasteiger charge is -2.18. The van der Waals surface area contributed by atoms with E-state index in [4.69, 9.17) is 16.3 Å². The van der Waals surface area contributed by atoms with Crippen molar-refractivity contribution >= 4 is 80.7 Å². The molecule has 1 aromatic carbocycles. The number of hydrogen-bond donors (Lipinski definition) is 2. The molecule has 0 fully saturated rings. The average molecular weight is 533 g/mol. The van der Waals surface area contributed by atoms with Gasteiger partial charge in [0, 0.05) is 4.88 Å². The Labute approximate surface area is 212 Å². The molecule has 0 spiro atoms. The third-order valence-electron chi connectivity index (χ3n) is 4.44. The van der Waals surface area contributed by atoms with Crippen LogP contribution in [0.2, 0.25) is 5.02 Å². The molecule has 0 radical (unpaired) electrons. The number of amides is 3. The van der Waals surface area contributed by atoms with E-state index < -0.39 is 11.8 Å². The van der Waals surface area contributed by atoms with Crippen molar-refractivity contribution in [2.75, 3.05) is 17.8 Å². The van der Waals surface area contributed by atoms with Crippen molar-refractivity contribution in [3.63, 3.8) is 0 Å². The molecule has 0 saturated carbocycles. The summed E-state index contributed by atoms with van der Waals surface area (Å²) in [7, 11) is 1.50. The van der Waals surface area contributed by atoms with E-state index in [2.05, 4.69) is 15.8 Å². The summed E-state index contributed by atoms with van der Waals surface area (Å²) in [4.78, 5) is 44.7. The smallest absolute Gasteiger partial charge is 0.283 e. The fourth-order valence-electron chi connectivity index (χ4n) is 2.89. The number of rotatable bonds is 6. The summed E-state index contributed by atoms with van der Waals surface area (Å²) in [6, 6.07) is 12.1. The predicted octanol–water partition coefficient (Wildman–Crippen LogP) is 4.41. The summed E-state index contributed by atoms with van der Waals surface area (Å²) in [5, 5.41) is 4.32. The van der Waals surface area contributed by atoms with Crippen LogP contribution < -0.4 is 20.5 Å². The van der Waals surface area contributed by atoms with E-state index in [1.807, 2.05) is 17.5 Å². The SMILES string of the molecule is COc1ccc(N2C(=O)/C(=C\c3cccs3)N=C2SCC(=O)NNC(=O)c2cccs2)cc1Cl. The molecule has 34 heavy (non-hydrogen) atoms. The number of thioether (sulfide) groups is 1. The highest BCUT2D eigenvalue weighted by atomic mass is 35.5. The van der Waals surface area contributed by atoms with Gasteiger partial charge in [0.15, 0.2) is 5.17 Å². The first-order valence-electron chi connectivity index (χ1n) is 9.73. The molecule has 0 saturated heterocycles. The van der Waals surface area contributed by atoms with Crippen LogP contribution in [0.15, 0.2) is 63.9 Å². The maximum Gasteiger partial charge on any atom is 0.283 e. The van der Waals surface area contributed by atoms with Crippen LogP contribution in [0.25, 0.3) is 6.08 Å². The normalized spacial score (nSPS) is 14.3. The van der Waals surface area contributed by atoms with Crippen LogP contribution in [0, 0.1) is 0 Å². The summed E-state index contributed by atoms with van der Waals surface area (Å²) >= 11 is 10.1. The van der Waals surface area contributed by atoms with Crippen LogP contribution in [-0.2, 0) is 9.59 Å². The van der Waals surface area contributed by atoms with Crippen LogP contribution >= 0.6 is 46.0 Å². The highest BCUT2D eigenvalue weighted by Crippen LogP contribution is 2.34. The zero-order chi connectivity index (χ0) is 24.1. The van der Waals surface area contributed by atoms with Crippen molar-refractivity contribution in [3.05, 3.63) is 73.7 Å². The number of amidine groups is 1. The van der Waals surface area contributed by atoms with Crippen LogP contribution in [-0.4, -0.2) is 35.8 Å². The second-order valence-corrected chi connectivity index (χ2v) is 9.94. The largest absolute Gasteiger partial charge is 0.495 e. The quantitative estimate of drug-likeness (QED) is 0.362. The molecule has 0 aliphatic carbocycles. The summed E-state index contributed by atoms with van der Waals surface area (Å²) in [5.74, 6) is -0.809. The monoisotopic (exact) mass is 532 g/mol. The number of methoxy groups -OCH3 is 1. The first-order valence-corrected chi connectivity index (χ1v) is 12.9.